The second-order valence-corrected chi connectivity index (χ2v) is 19.1. The Hall–Kier alpha value is -2.48. The van der Waals surface area contributed by atoms with Gasteiger partial charge in [-0.15, -0.1) is 34.0 Å². The molecule has 4 aromatic rings. The number of unbranched alkanes of at least 4 members (excludes halogenated alkanes) is 6. The van der Waals surface area contributed by atoms with E-state index in [0.717, 1.165) is 43.4 Å². The predicted molar refractivity (Wildman–Crippen MR) is 223 cm³/mol. The molecule has 0 saturated carbocycles. The summed E-state index contributed by atoms with van der Waals surface area (Å²) in [6.45, 7) is 15.9. The summed E-state index contributed by atoms with van der Waals surface area (Å²) in [6.07, 6.45) is 19.1. The van der Waals surface area contributed by atoms with Crippen LogP contribution in [0.5, 0.6) is 0 Å². The average molecular weight is 760 g/mol. The number of nitrogens with zero attached hydrogens (tertiary/aromatic N) is 1. The maximum absolute atomic E-state index is 14.2. The normalized spacial score (nSPS) is 17.6. The third-order valence-electron chi connectivity index (χ3n) is 11.8. The van der Waals surface area contributed by atoms with Gasteiger partial charge in [0.15, 0.2) is 5.76 Å². The van der Waals surface area contributed by atoms with Crippen LogP contribution in [0.4, 0.5) is 0 Å². The van der Waals surface area contributed by atoms with Crippen LogP contribution in [0, 0.1) is 25.7 Å². The van der Waals surface area contributed by atoms with Crippen LogP contribution in [0.25, 0.3) is 20.4 Å². The molecule has 0 fully saturated rings. The fourth-order valence-corrected chi connectivity index (χ4v) is 12.6. The fraction of sp³-hybridized carbons (Fsp3) is 0.600. The zero-order chi connectivity index (χ0) is 37.0. The highest BCUT2D eigenvalue weighted by Crippen LogP contribution is 2.63. The molecule has 0 aromatic carbocycles. The van der Waals surface area contributed by atoms with Crippen molar-refractivity contribution in [3.8, 4) is 20.4 Å². The van der Waals surface area contributed by atoms with Crippen LogP contribution in [0.2, 0.25) is 0 Å². The van der Waals surface area contributed by atoms with Crippen molar-refractivity contribution in [2.75, 3.05) is 6.54 Å². The van der Waals surface area contributed by atoms with E-state index in [2.05, 4.69) is 65.8 Å². The summed E-state index contributed by atoms with van der Waals surface area (Å²) in [6, 6.07) is 9.71. The fourth-order valence-electron chi connectivity index (χ4n) is 8.83. The van der Waals surface area contributed by atoms with E-state index in [-0.39, 0.29) is 17.2 Å². The van der Waals surface area contributed by atoms with Gasteiger partial charge in [-0.1, -0.05) is 112 Å². The summed E-state index contributed by atoms with van der Waals surface area (Å²) in [5, 5.41) is 0. The Kier molecular flexibility index (Phi) is 13.1. The lowest BCUT2D eigenvalue weighted by Gasteiger charge is -2.34. The number of carbonyl (C=O) groups is 2. The molecule has 0 radical (unpaired) electrons. The maximum Gasteiger partial charge on any atom is 0.265 e. The molecule has 5 heterocycles. The highest BCUT2D eigenvalue weighted by Gasteiger charge is 2.50. The second-order valence-electron chi connectivity index (χ2n) is 15.7. The number of furan rings is 1. The van der Waals surface area contributed by atoms with E-state index in [0.29, 0.717) is 41.0 Å². The molecule has 1 aliphatic carbocycles. The maximum atomic E-state index is 14.2. The summed E-state index contributed by atoms with van der Waals surface area (Å²) >= 11 is 5.72. The molecule has 7 heteroatoms. The van der Waals surface area contributed by atoms with E-state index in [1.807, 2.05) is 29.6 Å². The van der Waals surface area contributed by atoms with Crippen molar-refractivity contribution in [2.24, 2.45) is 11.8 Å². The largest absolute Gasteiger partial charge is 0.459 e. The van der Waals surface area contributed by atoms with Gasteiger partial charge in [-0.2, -0.15) is 0 Å². The van der Waals surface area contributed by atoms with E-state index in [9.17, 15) is 9.59 Å². The quantitative estimate of drug-likeness (QED) is 0.0628. The minimum absolute atomic E-state index is 0.181. The van der Waals surface area contributed by atoms with Gasteiger partial charge in [0.05, 0.1) is 15.9 Å². The molecule has 0 saturated heterocycles. The van der Waals surface area contributed by atoms with E-state index in [1.165, 1.54) is 105 Å². The molecule has 4 aromatic heterocycles. The van der Waals surface area contributed by atoms with Crippen LogP contribution in [0.3, 0.4) is 0 Å². The molecule has 6 rings (SSSR count). The monoisotopic (exact) mass is 759 g/mol. The first kappa shape index (κ1) is 39.2. The van der Waals surface area contributed by atoms with E-state index < -0.39 is 0 Å². The Bertz CT molecular complexity index is 1840. The van der Waals surface area contributed by atoms with Gasteiger partial charge in [0.1, 0.15) is 11.3 Å². The van der Waals surface area contributed by atoms with Gasteiger partial charge in [-0.25, -0.2) is 0 Å². The van der Waals surface area contributed by atoms with Gasteiger partial charge >= 0.3 is 0 Å². The predicted octanol–water partition coefficient (Wildman–Crippen LogP) is 14.4. The summed E-state index contributed by atoms with van der Waals surface area (Å²) in [5.41, 5.74) is 3.60. The molecule has 0 bridgehead atoms. The first-order valence-electron chi connectivity index (χ1n) is 20.6. The van der Waals surface area contributed by atoms with Crippen molar-refractivity contribution < 1.29 is 14.0 Å². The van der Waals surface area contributed by atoms with Gasteiger partial charge in [0.25, 0.3) is 11.8 Å². The van der Waals surface area contributed by atoms with Gasteiger partial charge < -0.3 is 4.42 Å². The van der Waals surface area contributed by atoms with Crippen LogP contribution >= 0.6 is 34.0 Å². The molecule has 3 unspecified atom stereocenters. The lowest BCUT2D eigenvalue weighted by molar-refractivity contribution is 0.0621. The Labute approximate surface area is 325 Å². The topological polar surface area (TPSA) is 50.5 Å². The zero-order valence-electron chi connectivity index (χ0n) is 32.9. The van der Waals surface area contributed by atoms with Crippen molar-refractivity contribution in [1.29, 1.82) is 0 Å². The summed E-state index contributed by atoms with van der Waals surface area (Å²) < 4.78 is 6.47. The minimum Gasteiger partial charge on any atom is -0.459 e. The molecule has 2 aliphatic rings. The lowest BCUT2D eigenvalue weighted by atomic mass is 9.69. The molecule has 1 aliphatic heterocycles. The van der Waals surface area contributed by atoms with Gasteiger partial charge in [0, 0.05) is 30.9 Å². The highest BCUT2D eigenvalue weighted by molar-refractivity contribution is 7.24. The third kappa shape index (κ3) is 7.45. The lowest BCUT2D eigenvalue weighted by Crippen LogP contribution is -2.35. The molecular formula is C45H61NO3S3. The molecule has 0 N–H and O–H groups in total. The first-order valence-corrected chi connectivity index (χ1v) is 23.0. The number of hydrogen-bond donors (Lipinski definition) is 0. The Morgan fingerprint density at radius 1 is 0.712 bits per heavy atom. The van der Waals surface area contributed by atoms with Crippen LogP contribution < -0.4 is 0 Å². The van der Waals surface area contributed by atoms with E-state index >= 15 is 0 Å². The first-order chi connectivity index (χ1) is 25.2. The molecule has 2 amide bonds. The SMILES string of the molecule is CCCCCCC(CCCC)CC1(c2ccc(CCCC)s2)c2cc(C)sc2-c2sc(-c3oc(C)c4c3C(=O)N(CC(CC)CCCC)C4=O)cc21. The Balaban J connectivity index is 1.46. The third-order valence-corrected chi connectivity index (χ3v) is 15.5. The van der Waals surface area contributed by atoms with Gasteiger partial charge in [-0.3, -0.25) is 14.5 Å². The number of hydrogen-bond acceptors (Lipinski definition) is 6. The number of amides is 2. The van der Waals surface area contributed by atoms with Crippen LogP contribution in [0.15, 0.2) is 28.7 Å². The number of thiophene rings is 3. The number of aryl methyl sites for hydroxylation is 3. The van der Waals surface area contributed by atoms with Gasteiger partial charge in [-0.05, 0) is 86.8 Å². The summed E-state index contributed by atoms with van der Waals surface area (Å²) in [7, 11) is 0. The van der Waals surface area contributed by atoms with E-state index in [4.69, 9.17) is 4.42 Å². The van der Waals surface area contributed by atoms with Crippen molar-refractivity contribution >= 4 is 45.8 Å². The number of rotatable bonds is 21. The number of imide groups is 1. The molecule has 4 nitrogen and oxygen atoms in total. The zero-order valence-corrected chi connectivity index (χ0v) is 35.3. The van der Waals surface area contributed by atoms with Gasteiger partial charge in [0.2, 0.25) is 0 Å². The Morgan fingerprint density at radius 3 is 2.08 bits per heavy atom. The molecule has 52 heavy (non-hydrogen) atoms. The van der Waals surface area contributed by atoms with Crippen molar-refractivity contribution in [3.05, 3.63) is 66.9 Å². The number of carbonyl (C=O) groups excluding carboxylic acids is 2. The van der Waals surface area contributed by atoms with Crippen LogP contribution in [-0.2, 0) is 11.8 Å². The summed E-state index contributed by atoms with van der Waals surface area (Å²) in [5.74, 6) is 1.74. The molecular weight excluding hydrogens is 699 g/mol. The molecule has 0 spiro atoms. The van der Waals surface area contributed by atoms with Crippen molar-refractivity contribution in [3.63, 3.8) is 0 Å². The van der Waals surface area contributed by atoms with Crippen molar-refractivity contribution in [2.45, 2.75) is 157 Å². The van der Waals surface area contributed by atoms with Crippen LogP contribution in [0.1, 0.15) is 183 Å². The Morgan fingerprint density at radius 2 is 1.37 bits per heavy atom. The second kappa shape index (κ2) is 17.3. The van der Waals surface area contributed by atoms with Crippen LogP contribution in [-0.4, -0.2) is 23.3 Å². The van der Waals surface area contributed by atoms with Crippen molar-refractivity contribution in [1.82, 2.24) is 4.90 Å². The standard InChI is InChI=1S/C45H61NO3S3/c1-8-13-17-18-21-32(20-15-10-3)27-45(37-24-23-33(51-37)22-16-11-4)34-25-29(6)50-41(34)42-35(45)26-36(52-42)40-39-38(30(7)49-40)43(47)46(44(39)48)28-31(12-5)19-14-9-2/h23-26,31-32H,8-22,27-28H2,1-7H3. The molecule has 3 atom stereocenters. The molecule has 282 valence electrons. The minimum atomic E-state index is -0.229. The average Bonchev–Trinajstić information content (AvgIpc) is 3.98. The number of fused-ring (bicyclic) bond motifs is 4. The van der Waals surface area contributed by atoms with E-state index in [1.54, 1.807) is 11.3 Å². The summed E-state index contributed by atoms with van der Waals surface area (Å²) in [4.78, 5) is 37.6. The highest BCUT2D eigenvalue weighted by atomic mass is 32.1. The smallest absolute Gasteiger partial charge is 0.265 e.